The summed E-state index contributed by atoms with van der Waals surface area (Å²) in [7, 11) is 0. The van der Waals surface area contributed by atoms with Crippen LogP contribution in [0.15, 0.2) is 18.2 Å². The molecular weight excluding hydrogens is 255 g/mol. The molecule has 0 amide bonds. The maximum absolute atomic E-state index is 4.93. The maximum Gasteiger partial charge on any atom is 0 e. The third kappa shape index (κ3) is 8.90. The van der Waals surface area contributed by atoms with Gasteiger partial charge in [0.2, 0.25) is 0 Å². The van der Waals surface area contributed by atoms with Gasteiger partial charge in [0.25, 0.3) is 0 Å². The molecule has 0 spiro atoms. The molecule has 0 aliphatic carbocycles. The molecule has 0 rings (SSSR count). The molecular formula is C5H7Pt-. The SMILES string of the molecule is [CH-]=CC=CC.[Pt]. The molecule has 0 saturated carbocycles. The zero-order chi connectivity index (χ0) is 4.12. The summed E-state index contributed by atoms with van der Waals surface area (Å²) in [5.41, 5.74) is 0. The molecule has 0 heterocycles. The van der Waals surface area contributed by atoms with Gasteiger partial charge in [-0.25, -0.2) is 12.2 Å². The zero-order valence-corrected chi connectivity index (χ0v) is 5.90. The van der Waals surface area contributed by atoms with Gasteiger partial charge < -0.3 is 0 Å². The Kier molecular flexibility index (Phi) is 14.1. The molecule has 0 aliphatic heterocycles. The van der Waals surface area contributed by atoms with Gasteiger partial charge in [0.05, 0.1) is 0 Å². The number of rotatable bonds is 1. The van der Waals surface area contributed by atoms with Crippen LogP contribution in [0.4, 0.5) is 0 Å². The van der Waals surface area contributed by atoms with Crippen molar-refractivity contribution in [2.75, 3.05) is 0 Å². The number of hydrogen-bond donors (Lipinski definition) is 0. The summed E-state index contributed by atoms with van der Waals surface area (Å²) in [6.07, 6.45) is 5.15. The topological polar surface area (TPSA) is 0 Å². The van der Waals surface area contributed by atoms with E-state index in [1.54, 1.807) is 6.08 Å². The fourth-order valence-corrected chi connectivity index (χ4v) is 0.111. The molecule has 0 N–H and O–H groups in total. The van der Waals surface area contributed by atoms with E-state index in [-0.39, 0.29) is 21.1 Å². The quantitative estimate of drug-likeness (QED) is 0.497. The first kappa shape index (κ1) is 9.48. The van der Waals surface area contributed by atoms with Crippen molar-refractivity contribution in [3.05, 3.63) is 24.8 Å². The molecule has 0 atom stereocenters. The van der Waals surface area contributed by atoms with Crippen molar-refractivity contribution in [2.24, 2.45) is 0 Å². The predicted octanol–water partition coefficient (Wildman–Crippen LogP) is 1.55. The molecule has 0 aromatic heterocycles. The van der Waals surface area contributed by atoms with E-state index in [4.69, 9.17) is 6.58 Å². The first-order valence-electron chi connectivity index (χ1n) is 1.58. The van der Waals surface area contributed by atoms with E-state index in [2.05, 4.69) is 0 Å². The summed E-state index contributed by atoms with van der Waals surface area (Å²) in [6, 6.07) is 0. The second-order valence-electron chi connectivity index (χ2n) is 0.718. The van der Waals surface area contributed by atoms with Crippen LogP contribution in [0, 0.1) is 6.58 Å². The molecule has 6 heavy (non-hydrogen) atoms. The molecule has 0 unspecified atom stereocenters. The third-order valence-corrected chi connectivity index (χ3v) is 0.304. The van der Waals surface area contributed by atoms with E-state index in [0.717, 1.165) is 0 Å². The Morgan fingerprint density at radius 1 is 1.50 bits per heavy atom. The van der Waals surface area contributed by atoms with Gasteiger partial charge in [0.1, 0.15) is 0 Å². The van der Waals surface area contributed by atoms with E-state index in [1.807, 2.05) is 13.0 Å². The van der Waals surface area contributed by atoms with Gasteiger partial charge in [-0.15, -0.1) is 0 Å². The Balaban J connectivity index is 0. The Morgan fingerprint density at radius 2 is 2.00 bits per heavy atom. The minimum atomic E-state index is 0. The van der Waals surface area contributed by atoms with Crippen LogP contribution in [-0.4, -0.2) is 0 Å². The normalized spacial score (nSPS) is 7.50. The summed E-state index contributed by atoms with van der Waals surface area (Å²) in [4.78, 5) is 0. The largest absolute Gasteiger partial charge is 0.293 e. The van der Waals surface area contributed by atoms with Crippen LogP contribution in [0.1, 0.15) is 6.92 Å². The zero-order valence-electron chi connectivity index (χ0n) is 3.63. The summed E-state index contributed by atoms with van der Waals surface area (Å²) in [6.45, 7) is 6.85. The number of hydrogen-bond acceptors (Lipinski definition) is 0. The van der Waals surface area contributed by atoms with E-state index in [9.17, 15) is 0 Å². The van der Waals surface area contributed by atoms with Gasteiger partial charge in [-0.05, 0) is 0 Å². The van der Waals surface area contributed by atoms with Crippen LogP contribution in [0.25, 0.3) is 0 Å². The minimum Gasteiger partial charge on any atom is -0.293 e. The second kappa shape index (κ2) is 8.95. The van der Waals surface area contributed by atoms with E-state index < -0.39 is 0 Å². The van der Waals surface area contributed by atoms with Gasteiger partial charge in [0.15, 0.2) is 0 Å². The van der Waals surface area contributed by atoms with Gasteiger partial charge in [0, 0.05) is 21.1 Å². The first-order valence-corrected chi connectivity index (χ1v) is 1.58. The molecule has 0 aliphatic rings. The van der Waals surface area contributed by atoms with Crippen molar-refractivity contribution in [2.45, 2.75) is 6.92 Å². The summed E-state index contributed by atoms with van der Waals surface area (Å²) in [5, 5.41) is 0. The van der Waals surface area contributed by atoms with Crippen molar-refractivity contribution in [3.63, 3.8) is 0 Å². The van der Waals surface area contributed by atoms with Crippen molar-refractivity contribution in [3.8, 4) is 0 Å². The molecule has 0 bridgehead atoms. The van der Waals surface area contributed by atoms with Crippen LogP contribution >= 0.6 is 0 Å². The van der Waals surface area contributed by atoms with Gasteiger partial charge in [-0.3, -0.25) is 6.58 Å². The molecule has 0 fully saturated rings. The van der Waals surface area contributed by atoms with Crippen LogP contribution < -0.4 is 0 Å². The van der Waals surface area contributed by atoms with E-state index in [0.29, 0.717) is 0 Å². The molecule has 0 saturated heterocycles. The van der Waals surface area contributed by atoms with Gasteiger partial charge in [-0.2, -0.15) is 6.08 Å². The molecule has 0 aromatic rings. The van der Waals surface area contributed by atoms with Crippen LogP contribution in [-0.2, 0) is 21.1 Å². The standard InChI is InChI=1S/C5H7.Pt/c1-3-5-4-2;/h1,3-5H,2H3;/q-1;. The Morgan fingerprint density at radius 3 is 2.00 bits per heavy atom. The summed E-state index contributed by atoms with van der Waals surface area (Å²) < 4.78 is 0. The summed E-state index contributed by atoms with van der Waals surface area (Å²) in [5.74, 6) is 0. The summed E-state index contributed by atoms with van der Waals surface area (Å²) >= 11 is 0. The van der Waals surface area contributed by atoms with Crippen molar-refractivity contribution < 1.29 is 21.1 Å². The number of allylic oxidation sites excluding steroid dienone is 3. The first-order chi connectivity index (χ1) is 2.41. The second-order valence-corrected chi connectivity index (χ2v) is 0.718. The van der Waals surface area contributed by atoms with Crippen molar-refractivity contribution >= 4 is 0 Å². The molecule has 1 heteroatoms. The van der Waals surface area contributed by atoms with Gasteiger partial charge >= 0.3 is 0 Å². The third-order valence-electron chi connectivity index (χ3n) is 0.304. The van der Waals surface area contributed by atoms with E-state index in [1.165, 1.54) is 6.08 Å². The molecule has 0 radical (unpaired) electrons. The Labute approximate surface area is 53.2 Å². The minimum absolute atomic E-state index is 0. The Hall–Kier alpha value is 0.168. The molecule has 0 aromatic carbocycles. The van der Waals surface area contributed by atoms with Crippen molar-refractivity contribution in [1.29, 1.82) is 0 Å². The maximum atomic E-state index is 4.93. The van der Waals surface area contributed by atoms with Crippen molar-refractivity contribution in [1.82, 2.24) is 0 Å². The fraction of sp³-hybridized carbons (Fsp3) is 0.200. The monoisotopic (exact) mass is 262 g/mol. The average molecular weight is 262 g/mol. The smallest absolute Gasteiger partial charge is 0 e. The van der Waals surface area contributed by atoms with Crippen LogP contribution in [0.2, 0.25) is 0 Å². The molecule has 38 valence electrons. The fourth-order valence-electron chi connectivity index (χ4n) is 0.111. The average Bonchev–Trinajstić information content (AvgIpc) is 1.41. The van der Waals surface area contributed by atoms with Crippen LogP contribution in [0.5, 0.6) is 0 Å². The van der Waals surface area contributed by atoms with Crippen LogP contribution in [0.3, 0.4) is 0 Å². The van der Waals surface area contributed by atoms with Gasteiger partial charge in [-0.1, -0.05) is 6.92 Å². The molecule has 0 nitrogen and oxygen atoms in total. The predicted molar refractivity (Wildman–Crippen MR) is 23.7 cm³/mol. The Bertz CT molecular complexity index is 45.9. The van der Waals surface area contributed by atoms with E-state index >= 15 is 0 Å².